The van der Waals surface area contributed by atoms with Crippen LogP contribution in [-0.4, -0.2) is 48.7 Å². The van der Waals surface area contributed by atoms with E-state index in [1.165, 1.54) is 10.8 Å². The number of nitrogens with zero attached hydrogens (tertiary/aromatic N) is 2. The predicted molar refractivity (Wildman–Crippen MR) is 110 cm³/mol. The van der Waals surface area contributed by atoms with Crippen molar-refractivity contribution in [3.05, 3.63) is 34.1 Å². The summed E-state index contributed by atoms with van der Waals surface area (Å²) in [5, 5.41) is 8.65. The first-order valence-corrected chi connectivity index (χ1v) is 9.85. The Balaban J connectivity index is 0.00000231. The zero-order valence-electron chi connectivity index (χ0n) is 16.5. The summed E-state index contributed by atoms with van der Waals surface area (Å²) in [6.45, 7) is 2.07. The maximum atomic E-state index is 15.7. The van der Waals surface area contributed by atoms with Gasteiger partial charge in [0.05, 0.1) is 30.3 Å². The molecule has 0 amide bonds. The van der Waals surface area contributed by atoms with Crippen molar-refractivity contribution in [2.24, 2.45) is 17.1 Å². The first kappa shape index (κ1) is 21.8. The minimum Gasteiger partial charge on any atom is -0.449 e. The molecule has 2 aromatic rings. The number of rotatable bonds is 4. The molecule has 2 aliphatic heterocycles. The number of anilines is 1. The van der Waals surface area contributed by atoms with Crippen LogP contribution in [0.3, 0.4) is 0 Å². The predicted octanol–water partition coefficient (Wildman–Crippen LogP) is 2.50. The van der Waals surface area contributed by atoms with Crippen molar-refractivity contribution >= 4 is 35.2 Å². The van der Waals surface area contributed by atoms with Gasteiger partial charge < -0.3 is 29.8 Å². The molecule has 11 heteroatoms. The van der Waals surface area contributed by atoms with Gasteiger partial charge in [-0.05, 0) is 18.9 Å². The summed E-state index contributed by atoms with van der Waals surface area (Å²) in [4.78, 5) is 25.2. The van der Waals surface area contributed by atoms with Crippen LogP contribution in [0.25, 0.3) is 10.9 Å². The second-order valence-electron chi connectivity index (χ2n) is 8.41. The fourth-order valence-electron chi connectivity index (χ4n) is 4.80. The van der Waals surface area contributed by atoms with Crippen LogP contribution in [0.1, 0.15) is 18.9 Å². The third kappa shape index (κ3) is 3.33. The zero-order chi connectivity index (χ0) is 21.2. The highest BCUT2D eigenvalue weighted by Gasteiger charge is 2.50. The standard InChI is InChI=1S/C20H21F2N3O5.ClH/c21-13-3-12-16(25(11-1-2-11)5-14(18(12)26)30-19(27)28)15(22)17(13)24-4-10-6-29-9-20(10,7-23)8-24;/h3,5,10-11H,1-2,4,6-9,23H2,(H,27,28);1H. The van der Waals surface area contributed by atoms with E-state index in [-0.39, 0.29) is 46.4 Å². The van der Waals surface area contributed by atoms with Crippen molar-refractivity contribution < 1.29 is 28.2 Å². The lowest BCUT2D eigenvalue weighted by atomic mass is 9.81. The normalized spacial score (nSPS) is 24.9. The number of fused-ring (bicyclic) bond motifs is 2. The summed E-state index contributed by atoms with van der Waals surface area (Å²) in [6.07, 6.45) is 1.03. The van der Waals surface area contributed by atoms with Gasteiger partial charge in [-0.3, -0.25) is 4.79 Å². The maximum Gasteiger partial charge on any atom is 0.511 e. The number of benzene rings is 1. The smallest absolute Gasteiger partial charge is 0.449 e. The van der Waals surface area contributed by atoms with Gasteiger partial charge in [0.2, 0.25) is 5.43 Å². The van der Waals surface area contributed by atoms with E-state index < -0.39 is 29.0 Å². The third-order valence-corrected chi connectivity index (χ3v) is 6.53. The molecule has 0 bridgehead atoms. The molecule has 1 aromatic carbocycles. The number of pyridine rings is 1. The highest BCUT2D eigenvalue weighted by Crippen LogP contribution is 2.45. The largest absolute Gasteiger partial charge is 0.511 e. The number of nitrogens with two attached hydrogens (primary N) is 1. The molecule has 5 rings (SSSR count). The Hall–Kier alpha value is -2.43. The van der Waals surface area contributed by atoms with Crippen LogP contribution < -0.4 is 20.8 Å². The van der Waals surface area contributed by atoms with E-state index in [0.717, 1.165) is 18.9 Å². The van der Waals surface area contributed by atoms with Gasteiger partial charge in [0.1, 0.15) is 11.5 Å². The number of hydrogen-bond donors (Lipinski definition) is 2. The molecule has 0 spiro atoms. The van der Waals surface area contributed by atoms with Gasteiger partial charge >= 0.3 is 6.16 Å². The average molecular weight is 458 g/mol. The Morgan fingerprint density at radius 2 is 2.13 bits per heavy atom. The molecule has 3 heterocycles. The second-order valence-corrected chi connectivity index (χ2v) is 8.41. The SMILES string of the molecule is Cl.NCC12COCC1CN(c1c(F)cc3c(=O)c(OC(=O)O)cn(C4CC4)c3c1F)C2. The van der Waals surface area contributed by atoms with Gasteiger partial charge in [-0.2, -0.15) is 0 Å². The van der Waals surface area contributed by atoms with Crippen LogP contribution in [0.15, 0.2) is 17.1 Å². The second kappa shape index (κ2) is 7.61. The van der Waals surface area contributed by atoms with Crippen LogP contribution in [0.2, 0.25) is 0 Å². The molecule has 2 unspecified atom stereocenters. The summed E-state index contributed by atoms with van der Waals surface area (Å²) in [6, 6.07) is 0.877. The first-order chi connectivity index (χ1) is 14.3. The summed E-state index contributed by atoms with van der Waals surface area (Å²) in [5.74, 6) is -2.10. The van der Waals surface area contributed by atoms with Gasteiger partial charge in [-0.25, -0.2) is 13.6 Å². The minimum atomic E-state index is -1.66. The lowest BCUT2D eigenvalue weighted by molar-refractivity contribution is 0.143. The van der Waals surface area contributed by atoms with Crippen LogP contribution in [0, 0.1) is 23.0 Å². The number of ether oxygens (including phenoxy) is 2. The van der Waals surface area contributed by atoms with E-state index in [9.17, 15) is 9.59 Å². The summed E-state index contributed by atoms with van der Waals surface area (Å²) >= 11 is 0. The molecule has 1 aromatic heterocycles. The first-order valence-electron chi connectivity index (χ1n) is 9.85. The fourth-order valence-corrected chi connectivity index (χ4v) is 4.80. The highest BCUT2D eigenvalue weighted by atomic mass is 35.5. The van der Waals surface area contributed by atoms with E-state index in [4.69, 9.17) is 15.6 Å². The Morgan fingerprint density at radius 3 is 2.74 bits per heavy atom. The molecular weight excluding hydrogens is 436 g/mol. The molecule has 2 saturated heterocycles. The van der Waals surface area contributed by atoms with E-state index in [2.05, 4.69) is 4.74 Å². The van der Waals surface area contributed by atoms with Gasteiger partial charge in [-0.1, -0.05) is 0 Å². The average Bonchev–Trinajstić information content (AvgIpc) is 3.36. The highest BCUT2D eigenvalue weighted by molar-refractivity contribution is 5.86. The summed E-state index contributed by atoms with van der Waals surface area (Å²) in [7, 11) is 0. The molecule has 168 valence electrons. The molecule has 2 atom stereocenters. The number of carboxylic acid groups (broad SMARTS) is 1. The van der Waals surface area contributed by atoms with Crippen LogP contribution in [-0.2, 0) is 4.74 Å². The van der Waals surface area contributed by atoms with Crippen LogP contribution in [0.4, 0.5) is 19.3 Å². The van der Waals surface area contributed by atoms with Gasteiger partial charge in [0.25, 0.3) is 0 Å². The van der Waals surface area contributed by atoms with Crippen molar-refractivity contribution in [1.29, 1.82) is 0 Å². The van der Waals surface area contributed by atoms with Crippen LogP contribution in [0.5, 0.6) is 5.75 Å². The third-order valence-electron chi connectivity index (χ3n) is 6.53. The Labute approximate surface area is 181 Å². The minimum absolute atomic E-state index is 0. The van der Waals surface area contributed by atoms with Gasteiger partial charge in [-0.15, -0.1) is 12.4 Å². The van der Waals surface area contributed by atoms with Crippen molar-refractivity contribution in [2.75, 3.05) is 37.7 Å². The number of hydrogen-bond acceptors (Lipinski definition) is 6. The number of halogens is 3. The number of carbonyl (C=O) groups is 1. The molecule has 1 saturated carbocycles. The lowest BCUT2D eigenvalue weighted by Gasteiger charge is -2.26. The molecular formula is C20H22ClF2N3O5. The molecule has 3 fully saturated rings. The number of aromatic nitrogens is 1. The Bertz CT molecular complexity index is 1120. The van der Waals surface area contributed by atoms with E-state index in [1.54, 1.807) is 4.90 Å². The van der Waals surface area contributed by atoms with Crippen molar-refractivity contribution in [3.63, 3.8) is 0 Å². The van der Waals surface area contributed by atoms with Crippen molar-refractivity contribution in [3.8, 4) is 5.75 Å². The van der Waals surface area contributed by atoms with Crippen molar-refractivity contribution in [1.82, 2.24) is 4.57 Å². The van der Waals surface area contributed by atoms with Crippen molar-refractivity contribution in [2.45, 2.75) is 18.9 Å². The van der Waals surface area contributed by atoms with Crippen LogP contribution >= 0.6 is 12.4 Å². The monoisotopic (exact) mass is 457 g/mol. The van der Waals surface area contributed by atoms with E-state index >= 15 is 8.78 Å². The topological polar surface area (TPSA) is 107 Å². The molecule has 31 heavy (non-hydrogen) atoms. The van der Waals surface area contributed by atoms with E-state index in [0.29, 0.717) is 32.8 Å². The molecule has 0 radical (unpaired) electrons. The summed E-state index contributed by atoms with van der Waals surface area (Å²) < 4.78 is 42.4. The fraction of sp³-hybridized carbons (Fsp3) is 0.500. The van der Waals surface area contributed by atoms with Gasteiger partial charge in [0, 0.05) is 37.0 Å². The Morgan fingerprint density at radius 1 is 1.39 bits per heavy atom. The lowest BCUT2D eigenvalue weighted by Crippen LogP contribution is -2.38. The molecule has 3 aliphatic rings. The van der Waals surface area contributed by atoms with E-state index in [1.807, 2.05) is 0 Å². The maximum absolute atomic E-state index is 15.7. The zero-order valence-corrected chi connectivity index (χ0v) is 17.3. The molecule has 3 N–H and O–H groups in total. The molecule has 8 nitrogen and oxygen atoms in total. The van der Waals surface area contributed by atoms with Gasteiger partial charge in [0.15, 0.2) is 11.6 Å². The summed E-state index contributed by atoms with van der Waals surface area (Å²) in [5.41, 5.74) is 4.53. The molecule has 1 aliphatic carbocycles. The Kier molecular flexibility index (Phi) is 5.35. The quantitative estimate of drug-likeness (QED) is 0.679.